The molecule has 47 heavy (non-hydrogen) atoms. The summed E-state index contributed by atoms with van der Waals surface area (Å²) in [5, 5.41) is 2.27. The van der Waals surface area contributed by atoms with Crippen LogP contribution in [0.25, 0.3) is 55.3 Å². The number of hydrogen-bond donors (Lipinski definition) is 0. The minimum Gasteiger partial charge on any atom is -0.456 e. The molecule has 0 spiro atoms. The molecule has 1 aliphatic carbocycles. The van der Waals surface area contributed by atoms with Crippen LogP contribution in [-0.4, -0.2) is 0 Å². The SMILES string of the molecule is CC1(C)c2ccccc2-c2cccc(N(c3ccc(-c4ccccc4)cc3)c3ccccc3-c3cccc4oc5ccccc5c34)c21. The molecule has 8 aromatic rings. The van der Waals surface area contributed by atoms with Crippen LogP contribution in [0.3, 0.4) is 0 Å². The average Bonchev–Trinajstić information content (AvgIpc) is 3.62. The molecule has 0 bridgehead atoms. The Labute approximate surface area is 275 Å². The van der Waals surface area contributed by atoms with Crippen LogP contribution in [0.2, 0.25) is 0 Å². The first-order valence-corrected chi connectivity index (χ1v) is 16.3. The van der Waals surface area contributed by atoms with Crippen molar-refractivity contribution >= 4 is 39.0 Å². The molecule has 0 saturated carbocycles. The van der Waals surface area contributed by atoms with Crippen molar-refractivity contribution in [3.8, 4) is 33.4 Å². The number of anilines is 3. The molecule has 1 aromatic heterocycles. The fourth-order valence-electron chi connectivity index (χ4n) is 7.74. The zero-order valence-corrected chi connectivity index (χ0v) is 26.4. The Bertz CT molecular complexity index is 2430. The first-order valence-electron chi connectivity index (χ1n) is 16.3. The second-order valence-electron chi connectivity index (χ2n) is 12.9. The summed E-state index contributed by atoms with van der Waals surface area (Å²) in [5.74, 6) is 0. The molecule has 1 aliphatic rings. The zero-order chi connectivity index (χ0) is 31.5. The van der Waals surface area contributed by atoms with E-state index in [0.717, 1.165) is 44.4 Å². The lowest BCUT2D eigenvalue weighted by Gasteiger charge is -2.33. The maximum absolute atomic E-state index is 6.35. The molecule has 0 atom stereocenters. The Morgan fingerprint density at radius 3 is 1.89 bits per heavy atom. The number of furan rings is 1. The number of hydrogen-bond acceptors (Lipinski definition) is 2. The predicted molar refractivity (Wildman–Crippen MR) is 197 cm³/mol. The van der Waals surface area contributed by atoms with Gasteiger partial charge >= 0.3 is 0 Å². The number of para-hydroxylation sites is 2. The largest absolute Gasteiger partial charge is 0.456 e. The van der Waals surface area contributed by atoms with Crippen molar-refractivity contribution in [1.82, 2.24) is 0 Å². The molecule has 0 saturated heterocycles. The van der Waals surface area contributed by atoms with E-state index >= 15 is 0 Å². The lowest BCUT2D eigenvalue weighted by atomic mass is 9.81. The molecule has 2 heteroatoms. The van der Waals surface area contributed by atoms with E-state index in [4.69, 9.17) is 4.42 Å². The van der Waals surface area contributed by atoms with E-state index in [-0.39, 0.29) is 5.41 Å². The summed E-state index contributed by atoms with van der Waals surface area (Å²) in [4.78, 5) is 2.47. The predicted octanol–water partition coefficient (Wildman–Crippen LogP) is 12.7. The minimum atomic E-state index is -0.180. The Kier molecular flexibility index (Phi) is 6.20. The van der Waals surface area contributed by atoms with Crippen LogP contribution in [0, 0.1) is 0 Å². The second kappa shape index (κ2) is 10.6. The summed E-state index contributed by atoms with van der Waals surface area (Å²) in [6, 6.07) is 58.8. The average molecular weight is 604 g/mol. The van der Waals surface area contributed by atoms with Crippen LogP contribution in [0.15, 0.2) is 168 Å². The molecule has 9 rings (SSSR count). The monoisotopic (exact) mass is 603 g/mol. The molecular formula is C45H33NO. The lowest BCUT2D eigenvalue weighted by Crippen LogP contribution is -2.21. The topological polar surface area (TPSA) is 16.4 Å². The van der Waals surface area contributed by atoms with Gasteiger partial charge in [-0.25, -0.2) is 0 Å². The van der Waals surface area contributed by atoms with Gasteiger partial charge in [-0.2, -0.15) is 0 Å². The molecule has 0 radical (unpaired) electrons. The molecule has 0 amide bonds. The Morgan fingerprint density at radius 2 is 1.04 bits per heavy atom. The summed E-state index contributed by atoms with van der Waals surface area (Å²) in [7, 11) is 0. The third kappa shape index (κ3) is 4.26. The highest BCUT2D eigenvalue weighted by molar-refractivity contribution is 6.14. The van der Waals surface area contributed by atoms with Crippen molar-refractivity contribution in [2.24, 2.45) is 0 Å². The van der Waals surface area contributed by atoms with E-state index in [1.54, 1.807) is 0 Å². The van der Waals surface area contributed by atoms with Crippen molar-refractivity contribution < 1.29 is 4.42 Å². The van der Waals surface area contributed by atoms with Crippen LogP contribution in [0.4, 0.5) is 17.1 Å². The number of nitrogens with zero attached hydrogens (tertiary/aromatic N) is 1. The number of fused-ring (bicyclic) bond motifs is 6. The van der Waals surface area contributed by atoms with Gasteiger partial charge in [0.05, 0.1) is 11.4 Å². The summed E-state index contributed by atoms with van der Waals surface area (Å²) in [6.45, 7) is 4.73. The van der Waals surface area contributed by atoms with Gasteiger partial charge in [0.2, 0.25) is 0 Å². The van der Waals surface area contributed by atoms with Crippen molar-refractivity contribution in [2.75, 3.05) is 4.90 Å². The highest BCUT2D eigenvalue weighted by Crippen LogP contribution is 2.55. The van der Waals surface area contributed by atoms with Crippen molar-refractivity contribution in [2.45, 2.75) is 19.3 Å². The van der Waals surface area contributed by atoms with Crippen LogP contribution < -0.4 is 4.90 Å². The molecule has 224 valence electrons. The van der Waals surface area contributed by atoms with Crippen molar-refractivity contribution in [3.63, 3.8) is 0 Å². The van der Waals surface area contributed by atoms with E-state index in [2.05, 4.69) is 176 Å². The maximum Gasteiger partial charge on any atom is 0.136 e. The van der Waals surface area contributed by atoms with Gasteiger partial charge in [0.25, 0.3) is 0 Å². The maximum atomic E-state index is 6.35. The van der Waals surface area contributed by atoms with E-state index in [1.807, 2.05) is 6.07 Å². The van der Waals surface area contributed by atoms with Gasteiger partial charge in [-0.15, -0.1) is 0 Å². The van der Waals surface area contributed by atoms with Gasteiger partial charge in [0.15, 0.2) is 0 Å². The Balaban J connectivity index is 1.31. The molecule has 7 aromatic carbocycles. The zero-order valence-electron chi connectivity index (χ0n) is 26.4. The Morgan fingerprint density at radius 1 is 0.447 bits per heavy atom. The van der Waals surface area contributed by atoms with Gasteiger partial charge < -0.3 is 9.32 Å². The Hall–Kier alpha value is -5.86. The molecular weight excluding hydrogens is 571 g/mol. The summed E-state index contributed by atoms with van der Waals surface area (Å²) >= 11 is 0. The summed E-state index contributed by atoms with van der Waals surface area (Å²) in [5.41, 5.74) is 15.1. The molecule has 0 fully saturated rings. The normalized spacial score (nSPS) is 13.1. The van der Waals surface area contributed by atoms with Crippen LogP contribution >= 0.6 is 0 Å². The fourth-order valence-corrected chi connectivity index (χ4v) is 7.74. The molecule has 1 heterocycles. The van der Waals surface area contributed by atoms with Crippen LogP contribution in [0.1, 0.15) is 25.0 Å². The van der Waals surface area contributed by atoms with Gasteiger partial charge in [-0.3, -0.25) is 0 Å². The summed E-state index contributed by atoms with van der Waals surface area (Å²) in [6.07, 6.45) is 0. The van der Waals surface area contributed by atoms with Crippen LogP contribution in [-0.2, 0) is 5.41 Å². The van der Waals surface area contributed by atoms with E-state index < -0.39 is 0 Å². The molecule has 0 aliphatic heterocycles. The molecule has 0 N–H and O–H groups in total. The number of rotatable bonds is 5. The third-order valence-electron chi connectivity index (χ3n) is 9.87. The standard InChI is InChI=1S/C45H33NO/c1-45(2)38-21-9-6-16-33(38)36-20-12-23-40(44(36)45)46(32-28-26-31(27-29-32)30-14-4-3-5-15-30)39-22-10-7-17-34(39)35-19-13-25-42-43(35)37-18-8-11-24-41(37)47-42/h3-29H,1-2H3. The van der Waals surface area contributed by atoms with E-state index in [1.165, 1.54) is 39.1 Å². The highest BCUT2D eigenvalue weighted by Gasteiger charge is 2.39. The summed E-state index contributed by atoms with van der Waals surface area (Å²) < 4.78 is 6.35. The third-order valence-corrected chi connectivity index (χ3v) is 9.87. The van der Waals surface area contributed by atoms with Gasteiger partial charge in [0.1, 0.15) is 11.2 Å². The van der Waals surface area contributed by atoms with E-state index in [0.29, 0.717) is 0 Å². The lowest BCUT2D eigenvalue weighted by molar-refractivity contribution is 0.661. The molecule has 2 nitrogen and oxygen atoms in total. The van der Waals surface area contributed by atoms with Crippen molar-refractivity contribution in [3.05, 3.63) is 175 Å². The fraction of sp³-hybridized carbons (Fsp3) is 0.0667. The first kappa shape index (κ1) is 27.5. The van der Waals surface area contributed by atoms with E-state index in [9.17, 15) is 0 Å². The van der Waals surface area contributed by atoms with Gasteiger partial charge in [-0.05, 0) is 75.3 Å². The first-order chi connectivity index (χ1) is 23.1. The smallest absolute Gasteiger partial charge is 0.136 e. The number of benzene rings is 7. The quantitative estimate of drug-likeness (QED) is 0.195. The van der Waals surface area contributed by atoms with Crippen molar-refractivity contribution in [1.29, 1.82) is 0 Å². The minimum absolute atomic E-state index is 0.180. The second-order valence-corrected chi connectivity index (χ2v) is 12.9. The molecule has 0 unspecified atom stereocenters. The van der Waals surface area contributed by atoms with Gasteiger partial charge in [-0.1, -0.05) is 141 Å². The van der Waals surface area contributed by atoms with Gasteiger partial charge in [0, 0.05) is 27.4 Å². The van der Waals surface area contributed by atoms with Crippen LogP contribution in [0.5, 0.6) is 0 Å². The highest BCUT2D eigenvalue weighted by atomic mass is 16.3.